The quantitative estimate of drug-likeness (QED) is 0.570. The van der Waals surface area contributed by atoms with Crippen LogP contribution in [0.5, 0.6) is 0 Å². The Hall–Kier alpha value is -1.63. The number of halogens is 1. The van der Waals surface area contributed by atoms with Crippen LogP contribution in [-0.2, 0) is 0 Å². The number of nitrogens with zero attached hydrogens (tertiary/aromatic N) is 2. The smallest absolute Gasteiger partial charge is 0.0954 e. The third-order valence-corrected chi connectivity index (χ3v) is 4.86. The van der Waals surface area contributed by atoms with Crippen LogP contribution in [0.2, 0.25) is 0 Å². The summed E-state index contributed by atoms with van der Waals surface area (Å²) in [5.74, 6) is 6.40. The minimum absolute atomic E-state index is 0.446. The van der Waals surface area contributed by atoms with Crippen LogP contribution in [0.3, 0.4) is 0 Å². The van der Waals surface area contributed by atoms with Crippen molar-refractivity contribution >= 4 is 28.9 Å². The first-order valence-electron chi connectivity index (χ1n) is 7.07. The summed E-state index contributed by atoms with van der Waals surface area (Å²) < 4.78 is 0. The van der Waals surface area contributed by atoms with E-state index in [9.17, 15) is 0 Å². The average molecular weight is 331 g/mol. The standard InChI is InChI=1S/C18H19ClN2S/c1-5-17(19)8-13(2)16-9-15(10-20-11-16)6-7-18-12-22-14(3)21(18)4/h5,8-12,14H,1-4H3/b13-8+,17-5+. The van der Waals surface area contributed by atoms with Crippen molar-refractivity contribution in [3.05, 3.63) is 57.9 Å². The van der Waals surface area contributed by atoms with Crippen LogP contribution in [0.4, 0.5) is 0 Å². The Labute approximate surface area is 142 Å². The molecule has 0 aliphatic carbocycles. The van der Waals surface area contributed by atoms with Crippen molar-refractivity contribution in [3.8, 4) is 11.8 Å². The third kappa shape index (κ3) is 4.19. The van der Waals surface area contributed by atoms with Crippen molar-refractivity contribution in [1.29, 1.82) is 0 Å². The summed E-state index contributed by atoms with van der Waals surface area (Å²) in [7, 11) is 2.06. The van der Waals surface area contributed by atoms with Crippen molar-refractivity contribution < 1.29 is 0 Å². The first kappa shape index (κ1) is 16.7. The van der Waals surface area contributed by atoms with Gasteiger partial charge >= 0.3 is 0 Å². The molecule has 0 bridgehead atoms. The molecule has 4 heteroatoms. The van der Waals surface area contributed by atoms with E-state index in [4.69, 9.17) is 11.6 Å². The fourth-order valence-electron chi connectivity index (χ4n) is 1.88. The van der Waals surface area contributed by atoms with E-state index in [1.165, 1.54) is 0 Å². The lowest BCUT2D eigenvalue weighted by Gasteiger charge is -2.17. The third-order valence-electron chi connectivity index (χ3n) is 3.46. The van der Waals surface area contributed by atoms with E-state index in [1.54, 1.807) is 18.0 Å². The Morgan fingerprint density at radius 3 is 2.82 bits per heavy atom. The number of allylic oxidation sites excluding steroid dienone is 5. The van der Waals surface area contributed by atoms with Crippen LogP contribution in [0.15, 0.2) is 46.7 Å². The summed E-state index contributed by atoms with van der Waals surface area (Å²) in [6.45, 7) is 6.10. The Morgan fingerprint density at radius 1 is 1.41 bits per heavy atom. The van der Waals surface area contributed by atoms with Gasteiger partial charge in [-0.15, -0.1) is 11.8 Å². The molecule has 0 spiro atoms. The molecule has 2 rings (SSSR count). The predicted molar refractivity (Wildman–Crippen MR) is 97.3 cm³/mol. The molecule has 1 atom stereocenters. The van der Waals surface area contributed by atoms with E-state index in [2.05, 4.69) is 41.1 Å². The van der Waals surface area contributed by atoms with Gasteiger partial charge < -0.3 is 4.90 Å². The molecular formula is C18H19ClN2S. The molecule has 0 aromatic carbocycles. The lowest BCUT2D eigenvalue weighted by Crippen LogP contribution is -2.19. The van der Waals surface area contributed by atoms with Gasteiger partial charge in [-0.05, 0) is 50.0 Å². The SMILES string of the molecule is C/C=C(Cl)\C=C(/C)c1cncc(C#CC2=CSC(C)N2C)c1. The summed E-state index contributed by atoms with van der Waals surface area (Å²) in [5, 5.41) is 3.27. The number of thioether (sulfide) groups is 1. The van der Waals surface area contributed by atoms with Crippen LogP contribution in [0.1, 0.15) is 31.9 Å². The Morgan fingerprint density at radius 2 is 2.18 bits per heavy atom. The number of rotatable bonds is 2. The molecule has 1 aliphatic rings. The highest BCUT2D eigenvalue weighted by Crippen LogP contribution is 2.28. The van der Waals surface area contributed by atoms with Gasteiger partial charge in [0, 0.05) is 35.4 Å². The molecule has 0 N–H and O–H groups in total. The summed E-state index contributed by atoms with van der Waals surface area (Å²) in [5.41, 5.74) is 4.05. The minimum Gasteiger partial charge on any atom is -0.355 e. The van der Waals surface area contributed by atoms with E-state index in [0.29, 0.717) is 5.37 Å². The second-order valence-corrected chi connectivity index (χ2v) is 6.69. The molecule has 0 amide bonds. The number of hydrogen-bond donors (Lipinski definition) is 0. The first-order chi connectivity index (χ1) is 10.5. The Bertz CT molecular complexity index is 707. The van der Waals surface area contributed by atoms with E-state index in [0.717, 1.165) is 27.4 Å². The fourth-order valence-corrected chi connectivity index (χ4v) is 2.90. The molecule has 114 valence electrons. The second-order valence-electron chi connectivity index (χ2n) is 5.06. The highest BCUT2D eigenvalue weighted by Gasteiger charge is 2.16. The molecule has 0 saturated carbocycles. The molecule has 2 nitrogen and oxygen atoms in total. The number of aromatic nitrogens is 1. The van der Waals surface area contributed by atoms with Gasteiger partial charge in [0.1, 0.15) is 0 Å². The van der Waals surface area contributed by atoms with E-state index in [-0.39, 0.29) is 0 Å². The predicted octanol–water partition coefficient (Wildman–Crippen LogP) is 4.85. The maximum absolute atomic E-state index is 6.05. The Balaban J connectivity index is 2.22. The normalized spacial score (nSPS) is 18.9. The highest BCUT2D eigenvalue weighted by atomic mass is 35.5. The highest BCUT2D eigenvalue weighted by molar-refractivity contribution is 8.02. The summed E-state index contributed by atoms with van der Waals surface area (Å²) in [6, 6.07) is 2.04. The van der Waals surface area contributed by atoms with Crippen molar-refractivity contribution in [3.63, 3.8) is 0 Å². The molecule has 1 unspecified atom stereocenters. The molecule has 1 aromatic heterocycles. The van der Waals surface area contributed by atoms with Gasteiger partial charge in [-0.25, -0.2) is 0 Å². The molecule has 0 fully saturated rings. The van der Waals surface area contributed by atoms with Crippen LogP contribution >= 0.6 is 23.4 Å². The van der Waals surface area contributed by atoms with Crippen molar-refractivity contribution in [2.75, 3.05) is 7.05 Å². The number of hydrogen-bond acceptors (Lipinski definition) is 3. The van der Waals surface area contributed by atoms with Gasteiger partial charge in [0.15, 0.2) is 0 Å². The van der Waals surface area contributed by atoms with Gasteiger partial charge in [0.05, 0.1) is 11.1 Å². The largest absolute Gasteiger partial charge is 0.355 e. The monoisotopic (exact) mass is 330 g/mol. The van der Waals surface area contributed by atoms with Crippen LogP contribution in [0, 0.1) is 11.8 Å². The van der Waals surface area contributed by atoms with Gasteiger partial charge in [0.2, 0.25) is 0 Å². The fraction of sp³-hybridized carbons (Fsp3) is 0.278. The summed E-state index contributed by atoms with van der Waals surface area (Å²) in [4.78, 5) is 6.45. The zero-order chi connectivity index (χ0) is 16.1. The zero-order valence-electron chi connectivity index (χ0n) is 13.2. The maximum atomic E-state index is 6.05. The lowest BCUT2D eigenvalue weighted by molar-refractivity contribution is 0.438. The van der Waals surface area contributed by atoms with E-state index >= 15 is 0 Å². The number of pyridine rings is 1. The zero-order valence-corrected chi connectivity index (χ0v) is 14.8. The van der Waals surface area contributed by atoms with Crippen molar-refractivity contribution in [2.24, 2.45) is 0 Å². The molecule has 0 radical (unpaired) electrons. The van der Waals surface area contributed by atoms with Crippen molar-refractivity contribution in [2.45, 2.75) is 26.1 Å². The van der Waals surface area contributed by atoms with E-state index in [1.807, 2.05) is 38.3 Å². The van der Waals surface area contributed by atoms with Crippen LogP contribution in [0.25, 0.3) is 5.57 Å². The summed E-state index contributed by atoms with van der Waals surface area (Å²) >= 11 is 7.83. The lowest BCUT2D eigenvalue weighted by atomic mass is 10.1. The van der Waals surface area contributed by atoms with Gasteiger partial charge in [-0.1, -0.05) is 23.6 Å². The average Bonchev–Trinajstić information content (AvgIpc) is 2.84. The van der Waals surface area contributed by atoms with Gasteiger partial charge in [-0.3, -0.25) is 4.98 Å². The molecule has 0 saturated heterocycles. The van der Waals surface area contributed by atoms with Crippen molar-refractivity contribution in [1.82, 2.24) is 9.88 Å². The first-order valence-corrected chi connectivity index (χ1v) is 8.39. The van der Waals surface area contributed by atoms with E-state index < -0.39 is 0 Å². The molecule has 1 aliphatic heterocycles. The topological polar surface area (TPSA) is 16.1 Å². The maximum Gasteiger partial charge on any atom is 0.0954 e. The molecule has 1 aromatic rings. The van der Waals surface area contributed by atoms with Crippen LogP contribution < -0.4 is 0 Å². The Kier molecular flexibility index (Phi) is 5.76. The van der Waals surface area contributed by atoms with Crippen LogP contribution in [-0.4, -0.2) is 22.3 Å². The minimum atomic E-state index is 0.446. The van der Waals surface area contributed by atoms with Gasteiger partial charge in [0.25, 0.3) is 0 Å². The second kappa shape index (κ2) is 7.58. The molecular weight excluding hydrogens is 312 g/mol. The van der Waals surface area contributed by atoms with Gasteiger partial charge in [-0.2, -0.15) is 0 Å². The molecule has 2 heterocycles. The molecule has 22 heavy (non-hydrogen) atoms. The summed E-state index contributed by atoms with van der Waals surface area (Å²) in [6.07, 6.45) is 7.41.